The lowest BCUT2D eigenvalue weighted by atomic mass is 10.0. The van der Waals surface area contributed by atoms with Crippen LogP contribution in [0.3, 0.4) is 0 Å². The molecule has 0 saturated carbocycles. The third-order valence-corrected chi connectivity index (χ3v) is 3.18. The molecule has 0 bridgehead atoms. The summed E-state index contributed by atoms with van der Waals surface area (Å²) in [5.74, 6) is -1.20. The quantitative estimate of drug-likeness (QED) is 0.928. The maximum absolute atomic E-state index is 13.6. The van der Waals surface area contributed by atoms with Crippen molar-refractivity contribution < 1.29 is 14.0 Å². The third kappa shape index (κ3) is 3.04. The number of carbonyl (C=O) groups excluding carboxylic acids is 1. The van der Waals surface area contributed by atoms with Crippen molar-refractivity contribution in [1.82, 2.24) is 5.32 Å². The van der Waals surface area contributed by atoms with E-state index in [4.69, 9.17) is 16.4 Å². The summed E-state index contributed by atoms with van der Waals surface area (Å²) in [5.41, 5.74) is 0.126. The first-order chi connectivity index (χ1) is 8.91. The standard InChI is InChI=1S/C13H14ClFN2O2/c1-8-6-13(2,19-17-8)7-16-12(18)11-9(14)4-3-5-10(11)15/h3-5H,6-7H2,1-2H3,(H,16,18)/t13-/m0/s1. The Morgan fingerprint density at radius 1 is 1.63 bits per heavy atom. The van der Waals surface area contributed by atoms with Gasteiger partial charge in [-0.1, -0.05) is 22.8 Å². The number of halogens is 2. The van der Waals surface area contributed by atoms with E-state index >= 15 is 0 Å². The summed E-state index contributed by atoms with van der Waals surface area (Å²) < 4.78 is 13.6. The number of benzene rings is 1. The van der Waals surface area contributed by atoms with Gasteiger partial charge < -0.3 is 10.2 Å². The van der Waals surface area contributed by atoms with Crippen molar-refractivity contribution in [2.45, 2.75) is 25.9 Å². The molecule has 1 N–H and O–H groups in total. The maximum Gasteiger partial charge on any atom is 0.255 e. The summed E-state index contributed by atoms with van der Waals surface area (Å²) in [6.45, 7) is 3.91. The molecule has 0 aliphatic carbocycles. The summed E-state index contributed by atoms with van der Waals surface area (Å²) in [5, 5.41) is 6.55. The van der Waals surface area contributed by atoms with Crippen molar-refractivity contribution in [1.29, 1.82) is 0 Å². The van der Waals surface area contributed by atoms with Gasteiger partial charge in [-0.3, -0.25) is 4.79 Å². The van der Waals surface area contributed by atoms with Crippen molar-refractivity contribution in [3.63, 3.8) is 0 Å². The molecule has 1 amide bonds. The van der Waals surface area contributed by atoms with E-state index in [2.05, 4.69) is 10.5 Å². The molecule has 1 aromatic rings. The Bertz CT molecular complexity index is 527. The number of nitrogens with one attached hydrogen (secondary N) is 1. The van der Waals surface area contributed by atoms with Crippen LogP contribution in [0.1, 0.15) is 30.6 Å². The number of carbonyl (C=O) groups is 1. The molecule has 0 radical (unpaired) electrons. The van der Waals surface area contributed by atoms with Crippen LogP contribution < -0.4 is 5.32 Å². The minimum atomic E-state index is -0.644. The monoisotopic (exact) mass is 284 g/mol. The van der Waals surface area contributed by atoms with Crippen molar-refractivity contribution in [3.05, 3.63) is 34.6 Å². The van der Waals surface area contributed by atoms with E-state index in [0.717, 1.165) is 5.71 Å². The molecule has 0 aromatic heterocycles. The van der Waals surface area contributed by atoms with Crippen LogP contribution in [0.4, 0.5) is 4.39 Å². The second-order valence-corrected chi connectivity index (χ2v) is 5.23. The molecule has 1 aliphatic rings. The lowest BCUT2D eigenvalue weighted by Gasteiger charge is -2.21. The first kappa shape index (κ1) is 13.8. The van der Waals surface area contributed by atoms with Gasteiger partial charge in [0.2, 0.25) is 0 Å². The Hall–Kier alpha value is -1.62. The van der Waals surface area contributed by atoms with Crippen LogP contribution >= 0.6 is 11.6 Å². The predicted molar refractivity (Wildman–Crippen MR) is 71.0 cm³/mol. The molecule has 0 unspecified atom stereocenters. The zero-order valence-corrected chi connectivity index (χ0v) is 11.4. The molecule has 2 rings (SSSR count). The van der Waals surface area contributed by atoms with Gasteiger partial charge in [-0.15, -0.1) is 0 Å². The molecule has 1 aromatic carbocycles. The van der Waals surface area contributed by atoms with Crippen LogP contribution in [0.2, 0.25) is 5.02 Å². The molecule has 1 atom stereocenters. The lowest BCUT2D eigenvalue weighted by molar-refractivity contribution is -0.00184. The molecule has 102 valence electrons. The zero-order chi connectivity index (χ0) is 14.0. The van der Waals surface area contributed by atoms with E-state index in [9.17, 15) is 9.18 Å². The normalized spacial score (nSPS) is 21.8. The van der Waals surface area contributed by atoms with E-state index < -0.39 is 17.3 Å². The van der Waals surface area contributed by atoms with Gasteiger partial charge in [0.15, 0.2) is 5.60 Å². The molecule has 0 spiro atoms. The van der Waals surface area contributed by atoms with Crippen LogP contribution in [0.25, 0.3) is 0 Å². The Kier molecular flexibility index (Phi) is 3.75. The highest BCUT2D eigenvalue weighted by Gasteiger charge is 2.33. The number of amides is 1. The van der Waals surface area contributed by atoms with Gasteiger partial charge >= 0.3 is 0 Å². The molecule has 0 fully saturated rings. The van der Waals surface area contributed by atoms with E-state index in [-0.39, 0.29) is 17.1 Å². The molecular formula is C13H14ClFN2O2. The lowest BCUT2D eigenvalue weighted by Crippen LogP contribution is -2.41. The SMILES string of the molecule is CC1=NO[C@](C)(CNC(=O)c2c(F)cccc2Cl)C1. The number of oxime groups is 1. The van der Waals surface area contributed by atoms with Crippen molar-refractivity contribution >= 4 is 23.2 Å². The second kappa shape index (κ2) is 5.17. The van der Waals surface area contributed by atoms with Crippen LogP contribution in [0, 0.1) is 5.82 Å². The summed E-state index contributed by atoms with van der Waals surface area (Å²) in [6.07, 6.45) is 0.623. The average Bonchev–Trinajstić information content (AvgIpc) is 2.67. The van der Waals surface area contributed by atoms with Gasteiger partial charge in [0.25, 0.3) is 5.91 Å². The van der Waals surface area contributed by atoms with Crippen molar-refractivity contribution in [2.24, 2.45) is 5.16 Å². The minimum Gasteiger partial charge on any atom is -0.387 e. The molecule has 0 saturated heterocycles. The Morgan fingerprint density at radius 2 is 2.37 bits per heavy atom. The Balaban J connectivity index is 2.03. The van der Waals surface area contributed by atoms with Crippen molar-refractivity contribution in [3.8, 4) is 0 Å². The first-order valence-electron chi connectivity index (χ1n) is 5.85. The third-order valence-electron chi connectivity index (χ3n) is 2.86. The molecular weight excluding hydrogens is 271 g/mol. The summed E-state index contributed by atoms with van der Waals surface area (Å²) in [7, 11) is 0. The first-order valence-corrected chi connectivity index (χ1v) is 6.23. The second-order valence-electron chi connectivity index (χ2n) is 4.82. The predicted octanol–water partition coefficient (Wildman–Crippen LogP) is 2.76. The largest absolute Gasteiger partial charge is 0.387 e. The summed E-state index contributed by atoms with van der Waals surface area (Å²) in [4.78, 5) is 17.2. The number of hydrogen-bond donors (Lipinski definition) is 1. The van der Waals surface area contributed by atoms with Gasteiger partial charge in [0.1, 0.15) is 5.82 Å². The van der Waals surface area contributed by atoms with Crippen LogP contribution in [-0.2, 0) is 4.84 Å². The zero-order valence-electron chi connectivity index (χ0n) is 10.7. The molecule has 19 heavy (non-hydrogen) atoms. The van der Waals surface area contributed by atoms with Gasteiger partial charge in [-0.2, -0.15) is 0 Å². The van der Waals surface area contributed by atoms with E-state index in [1.54, 1.807) is 0 Å². The fraction of sp³-hybridized carbons (Fsp3) is 0.385. The van der Waals surface area contributed by atoms with Gasteiger partial charge in [0.05, 0.1) is 22.8 Å². The minimum absolute atomic E-state index is 0.0856. The summed E-state index contributed by atoms with van der Waals surface area (Å²) >= 11 is 5.82. The fourth-order valence-electron chi connectivity index (χ4n) is 1.96. The topological polar surface area (TPSA) is 50.7 Å². The molecule has 1 heterocycles. The van der Waals surface area contributed by atoms with Gasteiger partial charge in [0, 0.05) is 6.42 Å². The van der Waals surface area contributed by atoms with Gasteiger partial charge in [-0.05, 0) is 26.0 Å². The number of hydrogen-bond acceptors (Lipinski definition) is 3. The summed E-state index contributed by atoms with van der Waals surface area (Å²) in [6, 6.07) is 4.12. The van der Waals surface area contributed by atoms with Crippen LogP contribution in [0.15, 0.2) is 23.4 Å². The Morgan fingerprint density at radius 3 is 2.95 bits per heavy atom. The van der Waals surface area contributed by atoms with Crippen molar-refractivity contribution in [2.75, 3.05) is 6.54 Å². The number of rotatable bonds is 3. The molecule has 4 nitrogen and oxygen atoms in total. The fourth-order valence-corrected chi connectivity index (χ4v) is 2.21. The highest BCUT2D eigenvalue weighted by atomic mass is 35.5. The van der Waals surface area contributed by atoms with Gasteiger partial charge in [-0.25, -0.2) is 4.39 Å². The van der Waals surface area contributed by atoms with E-state index in [1.165, 1.54) is 18.2 Å². The van der Waals surface area contributed by atoms with Crippen LogP contribution in [-0.4, -0.2) is 23.8 Å². The highest BCUT2D eigenvalue weighted by Crippen LogP contribution is 2.23. The van der Waals surface area contributed by atoms with E-state index in [1.807, 2.05) is 13.8 Å². The number of nitrogens with zero attached hydrogens (tertiary/aromatic N) is 1. The average molecular weight is 285 g/mol. The smallest absolute Gasteiger partial charge is 0.255 e. The Labute approximate surface area is 115 Å². The molecule has 6 heteroatoms. The maximum atomic E-state index is 13.6. The van der Waals surface area contributed by atoms with Crippen LogP contribution in [0.5, 0.6) is 0 Å². The highest BCUT2D eigenvalue weighted by molar-refractivity contribution is 6.33. The van der Waals surface area contributed by atoms with E-state index in [0.29, 0.717) is 6.42 Å². The molecule has 1 aliphatic heterocycles.